The molecule has 10 N–H and O–H groups in total. The first-order chi connectivity index (χ1) is 36.2. The van der Waals surface area contributed by atoms with Gasteiger partial charge in [0.25, 0.3) is 0 Å². The summed E-state index contributed by atoms with van der Waals surface area (Å²) in [6.07, 6.45) is 7.64. The summed E-state index contributed by atoms with van der Waals surface area (Å²) in [4.78, 5) is 25.3. The van der Waals surface area contributed by atoms with E-state index in [0.717, 1.165) is 141 Å². The molecule has 0 radical (unpaired) electrons. The van der Waals surface area contributed by atoms with Crippen LogP contribution in [0.15, 0.2) is 133 Å². The molecular formula is C60H71IN8O5+2. The number of nitrogens with two attached hydrogens (primary N) is 4. The smallest absolute Gasteiger partial charge is 0.221 e. The number of unbranched alkanes of at least 4 members (excludes halogenated alkanes) is 3. The number of carbonyl (C=O) groups excluding carboxylic acids is 2. The summed E-state index contributed by atoms with van der Waals surface area (Å²) in [5, 5.41) is 12.8. The highest BCUT2D eigenvalue weighted by Crippen LogP contribution is 2.37. The maximum Gasteiger partial charge on any atom is 0.221 e. The van der Waals surface area contributed by atoms with Gasteiger partial charge in [0.2, 0.25) is 38.3 Å². The summed E-state index contributed by atoms with van der Waals surface area (Å²) in [5.41, 5.74) is 34.8. The van der Waals surface area contributed by atoms with Crippen LogP contribution in [0.2, 0.25) is 0 Å². The number of pyridine rings is 2. The number of aromatic nitrogens is 2. The van der Waals surface area contributed by atoms with Crippen molar-refractivity contribution in [2.75, 3.05) is 75.7 Å². The number of hydrogen-bond acceptors (Lipinski definition) is 9. The molecule has 386 valence electrons. The standard InChI is InChI=1S/C60H69IN8O5/c61-56(69-55-41-47(65)24-28-51(55)49-26-22-45(63)39-53(49)60(69)43-16-6-2-7-17-43)18-9-10-20-58(71)67-30-13-33-73-35-37-74-36-34-72-32-12-29-66-57(70)19-8-3-11-31-68-54-40-46(64)23-27-50(54)48-25-21-44(62)38-52(48)59(68)42-14-4-1-5-15-42/h1-2,4-7,14-17,21-28,38-41,56,64-65H,3,8-13,18-20,29-37,62-63H2,(H2,66,67,70,71)/p+2. The lowest BCUT2D eigenvalue weighted by molar-refractivity contribution is -0.659. The number of halogens is 1. The van der Waals surface area contributed by atoms with Crippen molar-refractivity contribution in [3.8, 4) is 22.5 Å². The van der Waals surface area contributed by atoms with E-state index < -0.39 is 0 Å². The summed E-state index contributed by atoms with van der Waals surface area (Å²) < 4.78 is 21.9. The van der Waals surface area contributed by atoms with E-state index in [0.29, 0.717) is 71.3 Å². The maximum atomic E-state index is 12.7. The molecule has 2 heterocycles. The Balaban J connectivity index is 0.642. The van der Waals surface area contributed by atoms with E-state index in [2.05, 4.69) is 139 Å². The van der Waals surface area contributed by atoms with Gasteiger partial charge >= 0.3 is 0 Å². The van der Waals surface area contributed by atoms with Crippen LogP contribution in [0.3, 0.4) is 0 Å². The molecule has 6 aromatic carbocycles. The zero-order chi connectivity index (χ0) is 51.7. The number of nitrogen functional groups attached to an aromatic ring is 4. The van der Waals surface area contributed by atoms with E-state index in [1.54, 1.807) is 0 Å². The summed E-state index contributed by atoms with van der Waals surface area (Å²) in [5.74, 6) is 0.121. The number of nitrogens with one attached hydrogen (secondary N) is 2. The first kappa shape index (κ1) is 53.7. The van der Waals surface area contributed by atoms with Crippen LogP contribution in [0.1, 0.15) is 68.3 Å². The van der Waals surface area contributed by atoms with E-state index in [1.165, 1.54) is 0 Å². The molecule has 0 bridgehead atoms. The Morgan fingerprint density at radius 2 is 0.905 bits per heavy atom. The second kappa shape index (κ2) is 27.1. The van der Waals surface area contributed by atoms with Crippen molar-refractivity contribution in [3.05, 3.63) is 133 Å². The number of nitrogens with zero attached hydrogens (tertiary/aromatic N) is 2. The molecule has 13 nitrogen and oxygen atoms in total. The van der Waals surface area contributed by atoms with Gasteiger partial charge < -0.3 is 47.8 Å². The lowest BCUT2D eigenvalue weighted by Crippen LogP contribution is -2.40. The van der Waals surface area contributed by atoms with Gasteiger partial charge in [-0.25, -0.2) is 0 Å². The molecule has 8 rings (SSSR count). The van der Waals surface area contributed by atoms with Crippen LogP contribution in [0.4, 0.5) is 22.7 Å². The Morgan fingerprint density at radius 3 is 1.46 bits per heavy atom. The molecule has 0 saturated carbocycles. The van der Waals surface area contributed by atoms with Gasteiger partial charge in [-0.15, -0.1) is 0 Å². The minimum absolute atomic E-state index is 0.0582. The summed E-state index contributed by atoms with van der Waals surface area (Å²) >= 11 is 2.53. The number of hydrogen-bond donors (Lipinski definition) is 6. The lowest BCUT2D eigenvalue weighted by atomic mass is 9.98. The second-order valence-electron chi connectivity index (χ2n) is 18.8. The Morgan fingerprint density at radius 1 is 0.459 bits per heavy atom. The number of amides is 2. The fraction of sp³-hybridized carbons (Fsp3) is 0.333. The summed E-state index contributed by atoms with van der Waals surface area (Å²) in [6, 6.07) is 45.3. The fourth-order valence-corrected chi connectivity index (χ4v) is 10.8. The van der Waals surface area contributed by atoms with Crippen LogP contribution < -0.4 is 42.7 Å². The van der Waals surface area contributed by atoms with E-state index in [-0.39, 0.29) is 15.9 Å². The molecule has 14 heteroatoms. The second-order valence-corrected chi connectivity index (χ2v) is 20.3. The normalized spacial score (nSPS) is 12.0. The number of aryl methyl sites for hydroxylation is 1. The van der Waals surface area contributed by atoms with Crippen molar-refractivity contribution in [1.29, 1.82) is 0 Å². The molecule has 8 aromatic rings. The average molecular weight is 1110 g/mol. The highest BCUT2D eigenvalue weighted by Gasteiger charge is 2.29. The molecule has 1 unspecified atom stereocenters. The number of anilines is 4. The van der Waals surface area contributed by atoms with Crippen molar-refractivity contribution in [2.45, 2.75) is 74.8 Å². The summed E-state index contributed by atoms with van der Waals surface area (Å²) in [7, 11) is 0. The molecule has 74 heavy (non-hydrogen) atoms. The molecular weight excluding hydrogens is 1040 g/mol. The van der Waals surface area contributed by atoms with Gasteiger partial charge in [0.05, 0.1) is 48.0 Å². The molecule has 0 aliphatic heterocycles. The van der Waals surface area contributed by atoms with Gasteiger partial charge in [-0.2, -0.15) is 9.13 Å². The predicted octanol–water partition coefficient (Wildman–Crippen LogP) is 10.4. The SMILES string of the molecule is Nc1ccc2c(c1)c(-c1ccccc1)[n+](CCCCCC(=O)NCCCOCCOCCOCCCNC(=O)CCCCC(I)[n+]1c(-c3ccccc3)c3cc(N)ccc3c3ccc(N)cc31)c1cc(N)ccc21. The number of carbonyl (C=O) groups is 2. The molecule has 0 aliphatic rings. The van der Waals surface area contributed by atoms with Crippen molar-refractivity contribution < 1.29 is 32.9 Å². The molecule has 2 amide bonds. The molecule has 0 aliphatic carbocycles. The monoisotopic (exact) mass is 1110 g/mol. The quantitative estimate of drug-likeness (QED) is 0.00690. The Hall–Kier alpha value is -6.59. The Bertz CT molecular complexity index is 3160. The van der Waals surface area contributed by atoms with Crippen molar-refractivity contribution in [1.82, 2.24) is 10.6 Å². The number of benzene rings is 6. The first-order valence-corrected chi connectivity index (χ1v) is 27.3. The third-order valence-electron chi connectivity index (χ3n) is 13.4. The molecule has 2 aromatic heterocycles. The van der Waals surface area contributed by atoms with Crippen LogP contribution in [0, 0.1) is 0 Å². The van der Waals surface area contributed by atoms with E-state index >= 15 is 0 Å². The number of fused-ring (bicyclic) bond motifs is 6. The Labute approximate surface area is 448 Å². The minimum Gasteiger partial charge on any atom is -0.399 e. The van der Waals surface area contributed by atoms with Crippen molar-refractivity contribution in [3.63, 3.8) is 0 Å². The third kappa shape index (κ3) is 14.2. The van der Waals surface area contributed by atoms with Crippen LogP contribution >= 0.6 is 22.6 Å². The third-order valence-corrected chi connectivity index (χ3v) is 14.5. The lowest BCUT2D eigenvalue weighted by Gasteiger charge is -2.16. The molecule has 1 atom stereocenters. The molecule has 0 saturated heterocycles. The Kier molecular flexibility index (Phi) is 19.7. The number of ether oxygens (including phenoxy) is 3. The van der Waals surface area contributed by atoms with Crippen LogP contribution in [0.5, 0.6) is 0 Å². The highest BCUT2D eigenvalue weighted by atomic mass is 127. The topological polar surface area (TPSA) is 198 Å². The fourth-order valence-electron chi connectivity index (χ4n) is 9.78. The summed E-state index contributed by atoms with van der Waals surface area (Å²) in [6.45, 7) is 4.92. The van der Waals surface area contributed by atoms with Crippen LogP contribution in [0.25, 0.3) is 65.9 Å². The maximum absolute atomic E-state index is 12.7. The van der Waals surface area contributed by atoms with Gasteiger partial charge in [0.1, 0.15) is 6.54 Å². The van der Waals surface area contributed by atoms with Gasteiger partial charge in [0, 0.05) is 109 Å². The van der Waals surface area contributed by atoms with Gasteiger partial charge in [-0.05, 0) is 134 Å². The highest BCUT2D eigenvalue weighted by molar-refractivity contribution is 14.1. The molecule has 0 fully saturated rings. The average Bonchev–Trinajstić information content (AvgIpc) is 3.41. The zero-order valence-electron chi connectivity index (χ0n) is 42.3. The van der Waals surface area contributed by atoms with E-state index in [4.69, 9.17) is 37.1 Å². The minimum atomic E-state index is 0.0582. The largest absolute Gasteiger partial charge is 0.399 e. The van der Waals surface area contributed by atoms with Crippen LogP contribution in [-0.2, 0) is 30.3 Å². The van der Waals surface area contributed by atoms with E-state index in [9.17, 15) is 9.59 Å². The number of alkyl halides is 1. The van der Waals surface area contributed by atoms with Crippen molar-refractivity contribution >= 4 is 101 Å². The van der Waals surface area contributed by atoms with Crippen LogP contribution in [-0.4, -0.2) is 64.5 Å². The van der Waals surface area contributed by atoms with E-state index in [1.807, 2.05) is 36.4 Å². The number of rotatable bonds is 28. The van der Waals surface area contributed by atoms with Crippen molar-refractivity contribution in [2.24, 2.45) is 0 Å². The van der Waals surface area contributed by atoms with Gasteiger partial charge in [0.15, 0.2) is 0 Å². The predicted molar refractivity (Wildman–Crippen MR) is 310 cm³/mol. The van der Waals surface area contributed by atoms with Gasteiger partial charge in [-0.1, -0.05) is 48.5 Å². The zero-order valence-corrected chi connectivity index (χ0v) is 44.5. The first-order valence-electron chi connectivity index (χ1n) is 26.1. The molecule has 0 spiro atoms. The van der Waals surface area contributed by atoms with Gasteiger partial charge in [-0.3, -0.25) is 9.59 Å².